The van der Waals surface area contributed by atoms with Crippen molar-refractivity contribution in [3.63, 3.8) is 0 Å². The van der Waals surface area contributed by atoms with Gasteiger partial charge in [0.25, 0.3) is 0 Å². The van der Waals surface area contributed by atoms with Crippen molar-refractivity contribution in [3.05, 3.63) is 83.5 Å². The van der Waals surface area contributed by atoms with Crippen LogP contribution in [0, 0.1) is 17.0 Å². The van der Waals surface area contributed by atoms with Crippen LogP contribution in [0.1, 0.15) is 61.5 Å². The van der Waals surface area contributed by atoms with Gasteiger partial charge in [0.1, 0.15) is 17.7 Å². The van der Waals surface area contributed by atoms with Crippen LogP contribution in [0.3, 0.4) is 0 Å². The molecule has 2 N–H and O–H groups in total. The number of aliphatic hydroxyl groups is 2. The standard InChI is InChI=1S/C27H24F2N6O2/c1-26(2)16-6-7-27(26,24-15(16)8-19(34-35-24)23-17(28)4-3-5-18(23)29)22-12-30-11-20(33-22)14-9-31-25(32-10-14)21(37)13-36/h3-5,8-12,16,21,36-37H,6-7,13H2,1-2H3/t16-,21+,27-/m0/s1. The van der Waals surface area contributed by atoms with Crippen LogP contribution in [0.25, 0.3) is 22.5 Å². The molecule has 1 fully saturated rings. The van der Waals surface area contributed by atoms with E-state index in [1.165, 1.54) is 30.6 Å². The van der Waals surface area contributed by atoms with Crippen LogP contribution in [-0.2, 0) is 5.41 Å². The van der Waals surface area contributed by atoms with Crippen LogP contribution >= 0.6 is 0 Å². The third-order valence-corrected chi connectivity index (χ3v) is 8.11. The Kier molecular flexibility index (Phi) is 5.36. The molecule has 188 valence electrons. The van der Waals surface area contributed by atoms with Crippen molar-refractivity contribution in [3.8, 4) is 22.5 Å². The van der Waals surface area contributed by atoms with Gasteiger partial charge in [0.15, 0.2) is 5.82 Å². The van der Waals surface area contributed by atoms with E-state index < -0.39 is 29.8 Å². The molecule has 37 heavy (non-hydrogen) atoms. The Balaban J connectivity index is 1.45. The lowest BCUT2D eigenvalue weighted by Gasteiger charge is -2.37. The van der Waals surface area contributed by atoms with E-state index in [0.29, 0.717) is 11.3 Å². The van der Waals surface area contributed by atoms with Crippen LogP contribution in [0.4, 0.5) is 8.78 Å². The molecule has 6 rings (SSSR count). The number of aromatic nitrogens is 6. The minimum Gasteiger partial charge on any atom is -0.393 e. The number of hydrogen-bond acceptors (Lipinski definition) is 8. The van der Waals surface area contributed by atoms with Gasteiger partial charge >= 0.3 is 0 Å². The Hall–Kier alpha value is -3.76. The number of aliphatic hydroxyl groups excluding tert-OH is 2. The Morgan fingerprint density at radius 1 is 1.03 bits per heavy atom. The number of benzene rings is 1. The summed E-state index contributed by atoms with van der Waals surface area (Å²) in [6, 6.07) is 5.53. The number of rotatable bonds is 5. The van der Waals surface area contributed by atoms with Gasteiger partial charge in [-0.2, -0.15) is 5.10 Å². The SMILES string of the molecule is CC1(C)[C@H]2CC[C@]1(c1cncc(-c3cnc([C@H](O)CO)nc3)n1)c1nnc(-c3c(F)cccc3F)cc12. The van der Waals surface area contributed by atoms with Crippen molar-refractivity contribution in [1.82, 2.24) is 30.1 Å². The first-order valence-electron chi connectivity index (χ1n) is 12.0. The molecule has 0 radical (unpaired) electrons. The molecule has 0 saturated heterocycles. The van der Waals surface area contributed by atoms with Gasteiger partial charge in [-0.15, -0.1) is 5.10 Å². The molecular weight excluding hydrogens is 478 g/mol. The van der Waals surface area contributed by atoms with E-state index in [9.17, 15) is 13.9 Å². The average molecular weight is 503 g/mol. The maximum atomic E-state index is 14.5. The molecule has 0 spiro atoms. The zero-order valence-electron chi connectivity index (χ0n) is 20.2. The molecular formula is C27H24F2N6O2. The van der Waals surface area contributed by atoms with Gasteiger partial charge in [-0.1, -0.05) is 19.9 Å². The number of nitrogens with zero attached hydrogens (tertiary/aromatic N) is 6. The van der Waals surface area contributed by atoms with E-state index in [-0.39, 0.29) is 28.4 Å². The molecule has 2 aliphatic rings. The molecule has 1 saturated carbocycles. The number of fused-ring (bicyclic) bond motifs is 5. The summed E-state index contributed by atoms with van der Waals surface area (Å²) in [6.07, 6.45) is 6.92. The summed E-state index contributed by atoms with van der Waals surface area (Å²) >= 11 is 0. The molecule has 0 unspecified atom stereocenters. The minimum absolute atomic E-state index is 0.111. The summed E-state index contributed by atoms with van der Waals surface area (Å²) in [6.45, 7) is 3.86. The smallest absolute Gasteiger partial charge is 0.159 e. The first-order valence-corrected chi connectivity index (χ1v) is 12.0. The Bertz CT molecular complexity index is 1490. The van der Waals surface area contributed by atoms with Crippen LogP contribution in [-0.4, -0.2) is 47.0 Å². The molecule has 0 amide bonds. The fraction of sp³-hybridized carbons (Fsp3) is 0.333. The largest absolute Gasteiger partial charge is 0.393 e. The van der Waals surface area contributed by atoms with Gasteiger partial charge in [-0.05, 0) is 47.9 Å². The Labute approximate surface area is 211 Å². The van der Waals surface area contributed by atoms with Gasteiger partial charge in [0.2, 0.25) is 0 Å². The maximum absolute atomic E-state index is 14.5. The molecule has 3 heterocycles. The van der Waals surface area contributed by atoms with Gasteiger partial charge in [0, 0.05) is 24.2 Å². The monoisotopic (exact) mass is 502 g/mol. The summed E-state index contributed by atoms with van der Waals surface area (Å²) in [5.41, 5.74) is 2.72. The van der Waals surface area contributed by atoms with Crippen molar-refractivity contribution < 1.29 is 19.0 Å². The highest BCUT2D eigenvalue weighted by Gasteiger charge is 2.65. The molecule has 2 bridgehead atoms. The lowest BCUT2D eigenvalue weighted by molar-refractivity contribution is 0.0886. The normalized spacial score (nSPS) is 22.2. The zero-order valence-corrected chi connectivity index (χ0v) is 20.2. The van der Waals surface area contributed by atoms with Gasteiger partial charge in [0.05, 0.1) is 46.6 Å². The Morgan fingerprint density at radius 3 is 2.46 bits per heavy atom. The second-order valence-corrected chi connectivity index (χ2v) is 10.2. The van der Waals surface area contributed by atoms with Crippen molar-refractivity contribution in [2.24, 2.45) is 5.41 Å². The second kappa shape index (κ2) is 8.39. The molecule has 3 atom stereocenters. The van der Waals surface area contributed by atoms with Gasteiger partial charge < -0.3 is 10.2 Å². The topological polar surface area (TPSA) is 118 Å². The maximum Gasteiger partial charge on any atom is 0.159 e. The molecule has 10 heteroatoms. The fourth-order valence-corrected chi connectivity index (χ4v) is 6.19. The zero-order chi connectivity index (χ0) is 25.9. The highest BCUT2D eigenvalue weighted by Crippen LogP contribution is 2.69. The predicted molar refractivity (Wildman–Crippen MR) is 129 cm³/mol. The molecule has 4 aromatic rings. The summed E-state index contributed by atoms with van der Waals surface area (Å²) in [5, 5.41) is 27.7. The molecule has 1 aromatic carbocycles. The lowest BCUT2D eigenvalue weighted by atomic mass is 9.66. The van der Waals surface area contributed by atoms with Crippen molar-refractivity contribution in [2.75, 3.05) is 6.61 Å². The summed E-state index contributed by atoms with van der Waals surface area (Å²) in [7, 11) is 0. The third kappa shape index (κ3) is 3.32. The molecule has 8 nitrogen and oxygen atoms in total. The van der Waals surface area contributed by atoms with Gasteiger partial charge in [-0.3, -0.25) is 4.98 Å². The minimum atomic E-state index is -1.15. The third-order valence-electron chi connectivity index (χ3n) is 8.11. The Morgan fingerprint density at radius 2 is 1.76 bits per heavy atom. The van der Waals surface area contributed by atoms with E-state index in [2.05, 4.69) is 39.0 Å². The fourth-order valence-electron chi connectivity index (χ4n) is 6.19. The van der Waals surface area contributed by atoms with Crippen molar-refractivity contribution in [1.29, 1.82) is 0 Å². The van der Waals surface area contributed by atoms with Crippen LogP contribution in [0.5, 0.6) is 0 Å². The first-order chi connectivity index (χ1) is 17.8. The van der Waals surface area contributed by atoms with E-state index in [1.54, 1.807) is 18.5 Å². The van der Waals surface area contributed by atoms with Gasteiger partial charge in [-0.25, -0.2) is 23.7 Å². The van der Waals surface area contributed by atoms with Crippen molar-refractivity contribution >= 4 is 0 Å². The number of halogens is 2. The second-order valence-electron chi connectivity index (χ2n) is 10.2. The molecule has 3 aromatic heterocycles. The highest BCUT2D eigenvalue weighted by molar-refractivity contribution is 5.64. The van der Waals surface area contributed by atoms with E-state index >= 15 is 0 Å². The van der Waals surface area contributed by atoms with E-state index in [0.717, 1.165) is 29.8 Å². The molecule has 2 aliphatic carbocycles. The van der Waals surface area contributed by atoms with E-state index in [4.69, 9.17) is 10.1 Å². The van der Waals surface area contributed by atoms with Crippen LogP contribution < -0.4 is 0 Å². The van der Waals surface area contributed by atoms with Crippen LogP contribution in [0.2, 0.25) is 0 Å². The van der Waals surface area contributed by atoms with Crippen molar-refractivity contribution in [2.45, 2.75) is 44.1 Å². The quantitative estimate of drug-likeness (QED) is 0.422. The first kappa shape index (κ1) is 23.6. The van der Waals surface area contributed by atoms with Crippen LogP contribution in [0.15, 0.2) is 49.1 Å². The summed E-state index contributed by atoms with van der Waals surface area (Å²) in [5.74, 6) is -1.12. The highest BCUT2D eigenvalue weighted by atomic mass is 19.1. The predicted octanol–water partition coefficient (Wildman–Crippen LogP) is 3.90. The summed E-state index contributed by atoms with van der Waals surface area (Å²) < 4.78 is 29.0. The number of hydrogen-bond donors (Lipinski definition) is 2. The molecule has 0 aliphatic heterocycles. The average Bonchev–Trinajstić information content (AvgIpc) is 3.29. The van der Waals surface area contributed by atoms with E-state index in [1.807, 2.05) is 0 Å². The lowest BCUT2D eigenvalue weighted by Crippen LogP contribution is -2.38. The summed E-state index contributed by atoms with van der Waals surface area (Å²) in [4.78, 5) is 17.7.